The van der Waals surface area contributed by atoms with E-state index in [0.29, 0.717) is 44.7 Å². The van der Waals surface area contributed by atoms with Gasteiger partial charge < -0.3 is 94.6 Å². The van der Waals surface area contributed by atoms with E-state index >= 15 is 0 Å². The van der Waals surface area contributed by atoms with Crippen LogP contribution in [0.15, 0.2) is 187 Å². The molecule has 0 fully saturated rings. The summed E-state index contributed by atoms with van der Waals surface area (Å²) < 4.78 is 9.66. The minimum absolute atomic E-state index is 0. The summed E-state index contributed by atoms with van der Waals surface area (Å²) >= 11 is 6.07. The van der Waals surface area contributed by atoms with Crippen molar-refractivity contribution in [3.63, 3.8) is 0 Å². The first-order chi connectivity index (χ1) is 40.1. The average Bonchev–Trinajstić information content (AvgIpc) is 3.06. The van der Waals surface area contributed by atoms with E-state index in [9.17, 15) is 33.6 Å². The number of esters is 1. The van der Waals surface area contributed by atoms with Crippen LogP contribution >= 0.6 is 74.8 Å². The number of nitrogens with one attached hydrogen (secondary N) is 2. The van der Waals surface area contributed by atoms with Crippen LogP contribution in [0.5, 0.6) is 0 Å². The summed E-state index contributed by atoms with van der Waals surface area (Å²) in [5.74, 6) is 5.93. The molecule has 26 heteroatoms. The van der Waals surface area contributed by atoms with Crippen molar-refractivity contribution in [2.24, 2.45) is 0 Å². The number of imidazole rings is 2. The zero-order valence-electron chi connectivity index (χ0n) is 50.9. The number of hydrogen-bond acceptors (Lipinski definition) is 11. The van der Waals surface area contributed by atoms with Crippen molar-refractivity contribution in [2.45, 2.75) is 0 Å². The molecule has 8 rings (SSSR count). The third-order valence-electron chi connectivity index (χ3n) is 11.1. The van der Waals surface area contributed by atoms with E-state index in [4.69, 9.17) is 47.5 Å². The molecule has 0 bridgehead atoms. The van der Waals surface area contributed by atoms with Crippen LogP contribution in [0.1, 0.15) is 41.4 Å². The van der Waals surface area contributed by atoms with Crippen LogP contribution in [0.2, 0.25) is 0 Å². The molecule has 2 aromatic heterocycles. The topological polar surface area (TPSA) is 216 Å². The summed E-state index contributed by atoms with van der Waals surface area (Å²) in [5.41, 5.74) is 12.4. The van der Waals surface area contributed by atoms with Gasteiger partial charge in [0.05, 0.1) is 34.7 Å². The number of hydrogen-bond donors (Lipinski definition) is 3. The van der Waals surface area contributed by atoms with Crippen molar-refractivity contribution in [1.82, 2.24) is 19.9 Å². The van der Waals surface area contributed by atoms with Gasteiger partial charge in [0.2, 0.25) is 4.69 Å². The molecule has 8 aromatic rings. The molecule has 5 atom stereocenters. The molecule has 0 aliphatic heterocycles. The van der Waals surface area contributed by atoms with Crippen molar-refractivity contribution < 1.29 is 141 Å². The normalized spacial score (nSPS) is 9.66. The Morgan fingerprint density at radius 3 is 1.06 bits per heavy atom. The van der Waals surface area contributed by atoms with Gasteiger partial charge in [0.15, 0.2) is 30.3 Å². The van der Waals surface area contributed by atoms with Gasteiger partial charge in [0.1, 0.15) is 11.1 Å². The largest absolute Gasteiger partial charge is 2.00 e. The number of alkyl halides is 1. The van der Waals surface area contributed by atoms with E-state index in [1.807, 2.05) is 48.8 Å². The van der Waals surface area contributed by atoms with Crippen molar-refractivity contribution in [1.29, 1.82) is 0 Å². The summed E-state index contributed by atoms with van der Waals surface area (Å²) in [6, 6.07) is 45.0. The second-order valence-corrected chi connectivity index (χ2v) is 23.2. The Balaban J connectivity index is -0.000000282. The van der Waals surface area contributed by atoms with Crippen LogP contribution in [0.3, 0.4) is 0 Å². The van der Waals surface area contributed by atoms with Crippen LogP contribution in [-0.4, -0.2) is 82.8 Å². The Morgan fingerprint density at radius 1 is 0.430 bits per heavy atom. The number of benzene rings is 6. The minimum atomic E-state index is -0.863. The van der Waals surface area contributed by atoms with Gasteiger partial charge in [0.25, 0.3) is 0 Å². The van der Waals surface area contributed by atoms with Crippen LogP contribution < -0.4 is 11.1 Å². The fourth-order valence-corrected chi connectivity index (χ4v) is 9.41. The maximum Gasteiger partial charge on any atom is 2.00 e. The molecule has 6 aromatic carbocycles. The Bertz CT molecular complexity index is 3420. The Hall–Kier alpha value is -4.44. The molecule has 0 aliphatic rings. The van der Waals surface area contributed by atoms with Crippen LogP contribution in [-0.2, 0) is 107 Å². The summed E-state index contributed by atoms with van der Waals surface area (Å²) in [6.07, 6.45) is 3.69. The number of aromatic amines is 2. The zero-order valence-corrected chi connectivity index (χ0v) is 66.1. The smallest absolute Gasteiger partial charge is 0.513 e. The number of Topliss-reactive ketones (excluding diaryl/α,β-unsaturated/α-hetero) is 2. The number of nitrogens with zero attached hydrogens (tertiary/aromatic N) is 2. The molecule has 14 nitrogen and oxygen atoms in total. The van der Waals surface area contributed by atoms with Gasteiger partial charge in [-0.3, -0.25) is 19.2 Å². The molecule has 3 N–H and O–H groups in total. The summed E-state index contributed by atoms with van der Waals surface area (Å²) in [7, 11) is 0.0215. The third-order valence-corrected chi connectivity index (χ3v) is 15.0. The van der Waals surface area contributed by atoms with Gasteiger partial charge in [-0.25, -0.2) is 53.4 Å². The molecule has 5 unspecified atom stereocenters. The van der Waals surface area contributed by atoms with E-state index in [0.717, 1.165) is 72.8 Å². The maximum absolute atomic E-state index is 12.1. The monoisotopic (exact) mass is 1650 g/mol. The number of rotatable bonds is 24. The number of H-pyrrole nitrogens is 2. The molecule has 0 aliphatic carbocycles. The minimum Gasteiger partial charge on any atom is -0.513 e. The zero-order chi connectivity index (χ0) is 60.1. The fourth-order valence-electron chi connectivity index (χ4n) is 7.04. The number of carbonyl (C=O) groups is 7. The molecule has 93 heavy (non-hydrogen) atoms. The van der Waals surface area contributed by atoms with E-state index in [1.165, 1.54) is 11.6 Å². The SMILES string of the molecule is O=C(Br)c1ccc(-c2ccc(C(=O)CBr)cc2)cc1.[CH-]=CPC(=O)COC(=O)c1ccc(-c2ccc(C(=O)COC(=O)PC=[CH-])cc2)cc1.[CH-]=CPC(=O)O.[CH-]=CPc1ncc(-c2ccc(-c3ccc(-c4cnc(PC=[CH-])[nH]4)cc3)cc2)[nH]1.[CH3-].[CH3-].[CH3-].[CH3-].[CH3-].[V+2].[V+2].[V+2].[V+2].[V+2]. The number of halogens is 2. The Labute approximate surface area is 633 Å². The molecule has 0 saturated carbocycles. The molecule has 0 amide bonds. The quantitative estimate of drug-likeness (QED) is 0.0129. The van der Waals surface area contributed by atoms with Crippen molar-refractivity contribution in [2.75, 3.05) is 18.5 Å². The molecular weight excluding hydrogens is 1590 g/mol. The van der Waals surface area contributed by atoms with E-state index in [2.05, 4.69) is 100 Å². The van der Waals surface area contributed by atoms with Gasteiger partial charge in [0, 0.05) is 16.7 Å². The van der Waals surface area contributed by atoms with Crippen molar-refractivity contribution in [3.05, 3.63) is 279 Å². The Morgan fingerprint density at radius 2 is 0.753 bits per heavy atom. The Kier molecular flexibility index (Phi) is 58.5. The first-order valence-electron chi connectivity index (χ1n) is 24.2. The van der Waals surface area contributed by atoms with Crippen molar-refractivity contribution in [3.8, 4) is 55.9 Å². The average molecular weight is 1660 g/mol. The second-order valence-electron chi connectivity index (χ2n) is 16.4. The first-order valence-corrected chi connectivity index (χ1v) is 31.5. The second kappa shape index (κ2) is 54.7. The number of ether oxygens (including phenoxy) is 2. The first kappa shape index (κ1) is 99.6. The van der Waals surface area contributed by atoms with E-state index in [1.54, 1.807) is 72.3 Å². The predicted molar refractivity (Wildman–Crippen MR) is 378 cm³/mol. The number of aromatic nitrogens is 4. The number of carboxylic acid groups (broad SMARTS) is 1. The molecule has 5 radical (unpaired) electrons. The van der Waals surface area contributed by atoms with Crippen LogP contribution in [0, 0.1) is 70.0 Å². The van der Waals surface area contributed by atoms with Gasteiger partial charge in [-0.05, 0) is 102 Å². The summed E-state index contributed by atoms with van der Waals surface area (Å²) in [5, 5.41) is 8.14. The molecule has 0 spiro atoms. The van der Waals surface area contributed by atoms with Crippen LogP contribution in [0.25, 0.3) is 55.9 Å². The van der Waals surface area contributed by atoms with Crippen molar-refractivity contribution >= 4 is 125 Å². The summed E-state index contributed by atoms with van der Waals surface area (Å²) in [4.78, 5) is 94.1. The van der Waals surface area contributed by atoms with E-state index in [-0.39, 0.29) is 191 Å². The van der Waals surface area contributed by atoms with Gasteiger partial charge in [-0.15, -0.1) is 0 Å². The maximum atomic E-state index is 12.1. The third kappa shape index (κ3) is 34.4. The fraction of sp³-hybridized carbons (Fsp3) is 0.0448. The standard InChI is InChI=1S/C22H18N4P2.C22H18O6P2.C15H10Br2O2.C3H4O2P.5CH3.5V/c1-3-27-21-23-13-19(25-21)17-9-5-15(6-10-17)16-7-11-18(12-8-16)20-14-24-22(26-20)28-4-2;1-3-29-20(24)14-27-21(25)18-11-7-16(8-12-18)15-5-9-17(10-6-15)19(23)13-28-22(26)30-4-2;16-9-14(18)12-5-1-10(2-6-12)11-3-7-13(8-4-11)15(17)19;1-2-6-3(4)5;;;;;;;;;;/h1-14,27-28H,(H,23,25)(H,24,26);1-12,29-30H,13-14H2;1-8H,9H2;1-2,6H,(H,4,5);5*1H3;;;;;/q2*-2;;6*-1;5*+2. The van der Waals surface area contributed by atoms with Gasteiger partial charge in [-0.1, -0.05) is 163 Å². The van der Waals surface area contributed by atoms with Gasteiger partial charge >= 0.3 is 110 Å². The predicted octanol–water partition coefficient (Wildman–Crippen LogP) is 17.2. The molecule has 2 heterocycles. The molecule has 0 saturated heterocycles. The number of ketones is 2. The molecular formula is C67H65Br2N4O10P5V5. The molecule has 477 valence electrons. The van der Waals surface area contributed by atoms with E-state index < -0.39 is 17.4 Å². The van der Waals surface area contributed by atoms with Gasteiger partial charge in [-0.2, -0.15) is 0 Å². The summed E-state index contributed by atoms with van der Waals surface area (Å²) in [6.45, 7) is 25.3. The van der Waals surface area contributed by atoms with Crippen LogP contribution in [0.4, 0.5) is 9.59 Å². The number of carbonyl (C=O) groups excluding carboxylic acids is 6.